The van der Waals surface area contributed by atoms with Crippen LogP contribution in [0.15, 0.2) is 22.0 Å². The molecule has 1 unspecified atom stereocenters. The number of oxime groups is 2. The number of nitrogens with zero attached hydrogens (tertiary/aromatic N) is 2. The van der Waals surface area contributed by atoms with Crippen LogP contribution in [0, 0.1) is 57.7 Å². The first-order chi connectivity index (χ1) is 18.8. The second-order valence-electron chi connectivity index (χ2n) is 12.7. The Bertz CT molecular complexity index is 1270. The molecule has 0 saturated heterocycles. The standard InChI is InChI=1S/C29H37F5N2O3Si/c1-28-12-11-16(35-37-3)13-15(28)7-8-17-18-9-10-20(36-38-4)29(18,2)14-19(21(17)28)39-40(5,6)27-25(33)23(31)22(30)24(32)26(27)34/h13,17-19,21H,7-12,14H2,1-6H3/b35-16-,36-20+/t17-,18-,19?,21+,28-,29-/m0/s1. The zero-order valence-electron chi connectivity index (χ0n) is 23.8. The van der Waals surface area contributed by atoms with Gasteiger partial charge in [-0.25, -0.2) is 22.0 Å². The Kier molecular flexibility index (Phi) is 7.47. The predicted molar refractivity (Wildman–Crippen MR) is 144 cm³/mol. The molecule has 0 amide bonds. The Balaban J connectivity index is 1.62. The van der Waals surface area contributed by atoms with Crippen LogP contribution in [0.1, 0.15) is 58.8 Å². The number of benzene rings is 1. The summed E-state index contributed by atoms with van der Waals surface area (Å²) in [6.07, 6.45) is 7.17. The molecule has 0 N–H and O–H groups in total. The lowest BCUT2D eigenvalue weighted by molar-refractivity contribution is -0.0950. The van der Waals surface area contributed by atoms with E-state index in [0.717, 1.165) is 43.5 Å². The van der Waals surface area contributed by atoms with E-state index >= 15 is 8.78 Å². The summed E-state index contributed by atoms with van der Waals surface area (Å²) in [7, 11) is -0.645. The molecule has 0 aromatic heterocycles. The van der Waals surface area contributed by atoms with Gasteiger partial charge >= 0.3 is 0 Å². The number of halogens is 5. The van der Waals surface area contributed by atoms with Crippen LogP contribution in [0.5, 0.6) is 0 Å². The lowest BCUT2D eigenvalue weighted by atomic mass is 9.46. The second kappa shape index (κ2) is 10.2. The van der Waals surface area contributed by atoms with Crippen LogP contribution < -0.4 is 5.19 Å². The number of hydrogen-bond donors (Lipinski definition) is 0. The first-order valence-corrected chi connectivity index (χ1v) is 16.8. The summed E-state index contributed by atoms with van der Waals surface area (Å²) < 4.78 is 79.3. The Morgan fingerprint density at radius 1 is 0.825 bits per heavy atom. The van der Waals surface area contributed by atoms with Gasteiger partial charge < -0.3 is 14.1 Å². The average Bonchev–Trinajstić information content (AvgIpc) is 3.22. The molecule has 0 bridgehead atoms. The van der Waals surface area contributed by atoms with Gasteiger partial charge in [-0.1, -0.05) is 29.7 Å². The highest BCUT2D eigenvalue weighted by Crippen LogP contribution is 2.65. The fourth-order valence-electron chi connectivity index (χ4n) is 8.58. The van der Waals surface area contributed by atoms with Crippen molar-refractivity contribution < 1.29 is 36.1 Å². The van der Waals surface area contributed by atoms with Crippen LogP contribution in [0.4, 0.5) is 22.0 Å². The highest BCUT2D eigenvalue weighted by Gasteiger charge is 2.62. The summed E-state index contributed by atoms with van der Waals surface area (Å²) in [5.74, 6) is -9.11. The molecule has 3 fully saturated rings. The number of rotatable bonds is 5. The molecular weight excluding hydrogens is 547 g/mol. The summed E-state index contributed by atoms with van der Waals surface area (Å²) in [6.45, 7) is 7.41. The van der Waals surface area contributed by atoms with Gasteiger partial charge in [-0.3, -0.25) is 0 Å². The van der Waals surface area contributed by atoms with E-state index < -0.39 is 48.7 Å². The van der Waals surface area contributed by atoms with E-state index in [4.69, 9.17) is 14.1 Å². The van der Waals surface area contributed by atoms with Gasteiger partial charge in [0.1, 0.15) is 14.2 Å². The van der Waals surface area contributed by atoms with Crippen molar-refractivity contribution in [2.45, 2.75) is 78.0 Å². The van der Waals surface area contributed by atoms with Gasteiger partial charge in [-0.05, 0) is 87.3 Å². The zero-order chi connectivity index (χ0) is 29.2. The number of allylic oxidation sites excluding steroid dienone is 2. The van der Waals surface area contributed by atoms with E-state index in [0.29, 0.717) is 18.8 Å². The van der Waals surface area contributed by atoms with E-state index in [1.54, 1.807) is 0 Å². The molecule has 0 radical (unpaired) electrons. The van der Waals surface area contributed by atoms with Gasteiger partial charge in [-0.15, -0.1) is 0 Å². The Labute approximate surface area is 232 Å². The van der Waals surface area contributed by atoms with Crippen LogP contribution >= 0.6 is 0 Å². The third-order valence-corrected chi connectivity index (χ3v) is 12.8. The molecular formula is C29H37F5N2O3Si. The smallest absolute Gasteiger partial charge is 0.225 e. The van der Waals surface area contributed by atoms with E-state index in [1.807, 2.05) is 0 Å². The van der Waals surface area contributed by atoms with E-state index in [1.165, 1.54) is 32.9 Å². The van der Waals surface area contributed by atoms with Gasteiger partial charge in [0.25, 0.3) is 0 Å². The molecule has 0 spiro atoms. The van der Waals surface area contributed by atoms with Crippen LogP contribution in [0.25, 0.3) is 0 Å². The molecule has 5 nitrogen and oxygen atoms in total. The van der Waals surface area contributed by atoms with Crippen molar-refractivity contribution in [1.29, 1.82) is 0 Å². The number of hydrogen-bond acceptors (Lipinski definition) is 5. The molecule has 1 aromatic carbocycles. The van der Waals surface area contributed by atoms with E-state index in [-0.39, 0.29) is 22.7 Å². The minimum Gasteiger partial charge on any atom is -0.409 e. The zero-order valence-corrected chi connectivity index (χ0v) is 24.8. The fraction of sp³-hybridized carbons (Fsp3) is 0.655. The van der Waals surface area contributed by atoms with Crippen molar-refractivity contribution in [3.8, 4) is 0 Å². The molecule has 4 aliphatic carbocycles. The van der Waals surface area contributed by atoms with Crippen molar-refractivity contribution >= 4 is 24.9 Å². The summed E-state index contributed by atoms with van der Waals surface area (Å²) in [5.41, 5.74) is 2.42. The molecule has 3 saturated carbocycles. The molecule has 6 atom stereocenters. The van der Waals surface area contributed by atoms with Gasteiger partial charge in [0.05, 0.1) is 17.5 Å². The van der Waals surface area contributed by atoms with Crippen molar-refractivity contribution in [1.82, 2.24) is 0 Å². The Morgan fingerprint density at radius 2 is 1.45 bits per heavy atom. The minimum atomic E-state index is -3.68. The molecule has 4 aliphatic rings. The highest BCUT2D eigenvalue weighted by atomic mass is 28.4. The Hall–Kier alpha value is -2.27. The van der Waals surface area contributed by atoms with Crippen molar-refractivity contribution in [3.05, 3.63) is 40.7 Å². The first-order valence-electron chi connectivity index (χ1n) is 13.9. The van der Waals surface area contributed by atoms with E-state index in [2.05, 4.69) is 30.2 Å². The van der Waals surface area contributed by atoms with Gasteiger partial charge in [0.2, 0.25) is 14.1 Å². The molecule has 220 valence electrons. The second-order valence-corrected chi connectivity index (χ2v) is 16.4. The third kappa shape index (κ3) is 4.33. The Morgan fingerprint density at radius 3 is 2.08 bits per heavy atom. The predicted octanol–water partition coefficient (Wildman–Crippen LogP) is 6.76. The number of fused-ring (bicyclic) bond motifs is 5. The third-order valence-electron chi connectivity index (χ3n) is 10.3. The highest BCUT2D eigenvalue weighted by molar-refractivity contribution is 6.84. The van der Waals surface area contributed by atoms with E-state index in [9.17, 15) is 13.2 Å². The maximum absolute atomic E-state index is 15.1. The normalized spacial score (nSPS) is 35.7. The van der Waals surface area contributed by atoms with Crippen LogP contribution in [0.2, 0.25) is 13.1 Å². The first kappa shape index (κ1) is 29.2. The molecule has 0 aliphatic heterocycles. The fourth-order valence-corrected chi connectivity index (χ4v) is 11.0. The molecule has 0 heterocycles. The SMILES string of the molecule is CO/N=C1\C=C2CC[C@@H]3[C@H](C(O[Si](C)(C)c4c(F)c(F)c(F)c(F)c4F)C[C@]4(C)/C(=N/OC)CC[C@@H]34)[C@@]2(C)CC1. The van der Waals surface area contributed by atoms with Crippen LogP contribution in [-0.2, 0) is 14.1 Å². The van der Waals surface area contributed by atoms with Crippen LogP contribution in [0.3, 0.4) is 0 Å². The largest absolute Gasteiger partial charge is 0.409 e. The topological polar surface area (TPSA) is 52.4 Å². The lowest BCUT2D eigenvalue weighted by Crippen LogP contribution is -2.61. The van der Waals surface area contributed by atoms with Crippen molar-refractivity contribution in [2.24, 2.45) is 38.9 Å². The summed E-state index contributed by atoms with van der Waals surface area (Å²) >= 11 is 0. The molecule has 11 heteroatoms. The molecule has 1 aromatic rings. The molecule has 5 rings (SSSR count). The quantitative estimate of drug-likeness (QED) is 0.126. The monoisotopic (exact) mass is 584 g/mol. The maximum Gasteiger partial charge on any atom is 0.225 e. The van der Waals surface area contributed by atoms with Crippen molar-refractivity contribution in [2.75, 3.05) is 14.2 Å². The van der Waals surface area contributed by atoms with Gasteiger partial charge in [0, 0.05) is 10.6 Å². The average molecular weight is 585 g/mol. The maximum atomic E-state index is 15.1. The van der Waals surface area contributed by atoms with Gasteiger partial charge in [0.15, 0.2) is 23.3 Å². The van der Waals surface area contributed by atoms with Crippen molar-refractivity contribution in [3.63, 3.8) is 0 Å². The van der Waals surface area contributed by atoms with Gasteiger partial charge in [-0.2, -0.15) is 0 Å². The summed E-state index contributed by atoms with van der Waals surface area (Å²) in [6, 6.07) is 0. The molecule has 40 heavy (non-hydrogen) atoms. The lowest BCUT2D eigenvalue weighted by Gasteiger charge is -2.60. The van der Waals surface area contributed by atoms with Crippen LogP contribution in [-0.4, -0.2) is 40.1 Å². The summed E-state index contributed by atoms with van der Waals surface area (Å²) in [4.78, 5) is 10.2. The minimum absolute atomic E-state index is 0.00963. The summed E-state index contributed by atoms with van der Waals surface area (Å²) in [5, 5.41) is 7.71.